The van der Waals surface area contributed by atoms with Crippen molar-refractivity contribution in [1.82, 2.24) is 10.6 Å². The molecule has 2 unspecified atom stereocenters. The van der Waals surface area contributed by atoms with Gasteiger partial charge in [0.1, 0.15) is 0 Å². The fraction of sp³-hybridized carbons (Fsp3) is 0.700. The van der Waals surface area contributed by atoms with Crippen LogP contribution in [-0.4, -0.2) is 25.1 Å². The van der Waals surface area contributed by atoms with Gasteiger partial charge in [-0.05, 0) is 19.3 Å². The van der Waals surface area contributed by atoms with E-state index in [1.165, 1.54) is 6.42 Å². The first kappa shape index (κ1) is 15.0. The number of guanidine groups is 1. The number of nitrogens with zero attached hydrogens (tertiary/aromatic N) is 1. The molecule has 0 heterocycles. The van der Waals surface area contributed by atoms with Crippen molar-refractivity contribution in [3.63, 3.8) is 0 Å². The monoisotopic (exact) mass is 343 g/mol. The Bertz CT molecular complexity index is 243. The van der Waals surface area contributed by atoms with E-state index in [-0.39, 0.29) is 24.0 Å². The second-order valence-electron chi connectivity index (χ2n) is 3.68. The van der Waals surface area contributed by atoms with Crippen LogP contribution in [0.2, 0.25) is 0 Å². The zero-order valence-electron chi connectivity index (χ0n) is 9.22. The highest BCUT2D eigenvalue weighted by Gasteiger charge is 2.33. The molecule has 0 aromatic heterocycles. The molecule has 1 rings (SSSR count). The molecule has 1 aliphatic rings. The predicted octanol–water partition coefficient (Wildman–Crippen LogP) is 2.32. The fourth-order valence-electron chi connectivity index (χ4n) is 1.18. The van der Waals surface area contributed by atoms with Gasteiger partial charge >= 0.3 is 0 Å². The number of rotatable bonds is 4. The highest BCUT2D eigenvalue weighted by molar-refractivity contribution is 14.0. The fourth-order valence-corrected chi connectivity index (χ4v) is 1.24. The topological polar surface area (TPSA) is 36.4 Å². The van der Waals surface area contributed by atoms with E-state index in [9.17, 15) is 0 Å². The van der Waals surface area contributed by atoms with E-state index >= 15 is 0 Å². The van der Waals surface area contributed by atoms with E-state index in [1.54, 1.807) is 0 Å². The zero-order valence-corrected chi connectivity index (χ0v) is 12.3. The second-order valence-corrected chi connectivity index (χ2v) is 4.21. The van der Waals surface area contributed by atoms with Crippen LogP contribution in [0.1, 0.15) is 20.3 Å². The standard InChI is InChI=1S/C10H18ClN3.HI/c1-4-12-10(13-6-8(3)11)14-9-5-7(9)2;/h7,9H,3-6H2,1-2H3,(H2,12,13,14);1H. The lowest BCUT2D eigenvalue weighted by molar-refractivity contribution is 0.771. The van der Waals surface area contributed by atoms with Crippen LogP contribution in [0.3, 0.4) is 0 Å². The molecule has 5 heteroatoms. The summed E-state index contributed by atoms with van der Waals surface area (Å²) in [6.45, 7) is 9.20. The summed E-state index contributed by atoms with van der Waals surface area (Å²) in [5, 5.41) is 7.07. The molecule has 0 aromatic carbocycles. The molecule has 15 heavy (non-hydrogen) atoms. The third-order valence-corrected chi connectivity index (χ3v) is 2.30. The van der Waals surface area contributed by atoms with Gasteiger partial charge in [-0.1, -0.05) is 25.1 Å². The molecule has 1 aliphatic carbocycles. The Morgan fingerprint density at radius 1 is 1.60 bits per heavy atom. The average molecular weight is 344 g/mol. The summed E-state index contributed by atoms with van der Waals surface area (Å²) in [5.74, 6) is 1.60. The molecule has 2 N–H and O–H groups in total. The Hall–Kier alpha value is 0.0300. The van der Waals surface area contributed by atoms with E-state index in [1.807, 2.05) is 6.92 Å². The molecule has 0 saturated heterocycles. The molecule has 0 radical (unpaired) electrons. The lowest BCUT2D eigenvalue weighted by atomic mass is 10.5. The number of aliphatic imine (C=N–C) groups is 1. The maximum Gasteiger partial charge on any atom is 0.191 e. The van der Waals surface area contributed by atoms with Crippen LogP contribution < -0.4 is 10.6 Å². The first-order chi connectivity index (χ1) is 6.63. The normalized spacial score (nSPS) is 24.1. The number of nitrogens with one attached hydrogen (secondary N) is 2. The van der Waals surface area contributed by atoms with Gasteiger partial charge in [0.25, 0.3) is 0 Å². The van der Waals surface area contributed by atoms with Crippen molar-refractivity contribution in [2.45, 2.75) is 26.3 Å². The lowest BCUT2D eigenvalue weighted by Crippen LogP contribution is -2.39. The van der Waals surface area contributed by atoms with Gasteiger partial charge in [-0.2, -0.15) is 0 Å². The van der Waals surface area contributed by atoms with Crippen LogP contribution in [0.25, 0.3) is 0 Å². The Balaban J connectivity index is 0.00000196. The molecule has 0 aromatic rings. The largest absolute Gasteiger partial charge is 0.357 e. The van der Waals surface area contributed by atoms with Crippen LogP contribution in [0.5, 0.6) is 0 Å². The first-order valence-electron chi connectivity index (χ1n) is 5.01. The Morgan fingerprint density at radius 2 is 2.20 bits per heavy atom. The second kappa shape index (κ2) is 7.33. The summed E-state index contributed by atoms with van der Waals surface area (Å²) in [7, 11) is 0. The van der Waals surface area contributed by atoms with Gasteiger partial charge in [-0.3, -0.25) is 0 Å². The minimum absolute atomic E-state index is 0. The zero-order chi connectivity index (χ0) is 10.6. The quantitative estimate of drug-likeness (QED) is 0.467. The lowest BCUT2D eigenvalue weighted by Gasteiger charge is -2.10. The van der Waals surface area contributed by atoms with Crippen molar-refractivity contribution in [3.05, 3.63) is 11.6 Å². The molecule has 0 amide bonds. The summed E-state index contributed by atoms with van der Waals surface area (Å²) in [6.07, 6.45) is 1.23. The maximum absolute atomic E-state index is 5.65. The molecular formula is C10H19ClIN3. The Labute approximate surface area is 114 Å². The van der Waals surface area contributed by atoms with Crippen LogP contribution in [0, 0.1) is 5.92 Å². The van der Waals surface area contributed by atoms with Gasteiger partial charge in [-0.15, -0.1) is 24.0 Å². The molecule has 0 bridgehead atoms. The van der Waals surface area contributed by atoms with Crippen molar-refractivity contribution in [3.8, 4) is 0 Å². The van der Waals surface area contributed by atoms with Gasteiger partial charge in [0.05, 0.1) is 6.54 Å². The van der Waals surface area contributed by atoms with E-state index in [0.717, 1.165) is 18.4 Å². The Kier molecular flexibility index (Phi) is 7.34. The van der Waals surface area contributed by atoms with E-state index < -0.39 is 0 Å². The summed E-state index contributed by atoms with van der Waals surface area (Å²) in [4.78, 5) is 4.29. The highest BCUT2D eigenvalue weighted by Crippen LogP contribution is 2.28. The molecule has 2 atom stereocenters. The number of hydrogen-bond acceptors (Lipinski definition) is 1. The molecule has 0 aliphatic heterocycles. The van der Waals surface area contributed by atoms with Gasteiger partial charge in [0.2, 0.25) is 0 Å². The first-order valence-corrected chi connectivity index (χ1v) is 5.39. The van der Waals surface area contributed by atoms with Gasteiger partial charge < -0.3 is 10.6 Å². The third-order valence-electron chi connectivity index (χ3n) is 2.18. The summed E-state index contributed by atoms with van der Waals surface area (Å²) in [5.41, 5.74) is 0. The van der Waals surface area contributed by atoms with Crippen molar-refractivity contribution in [1.29, 1.82) is 0 Å². The third kappa shape index (κ3) is 6.25. The molecule has 88 valence electrons. The molecule has 1 fully saturated rings. The van der Waals surface area contributed by atoms with Gasteiger partial charge in [0, 0.05) is 17.6 Å². The highest BCUT2D eigenvalue weighted by atomic mass is 127. The molecule has 0 spiro atoms. The van der Waals surface area contributed by atoms with E-state index in [4.69, 9.17) is 11.6 Å². The minimum Gasteiger partial charge on any atom is -0.357 e. The predicted molar refractivity (Wildman–Crippen MR) is 77.1 cm³/mol. The van der Waals surface area contributed by atoms with Crippen LogP contribution >= 0.6 is 35.6 Å². The maximum atomic E-state index is 5.65. The molecular weight excluding hydrogens is 324 g/mol. The van der Waals surface area contributed by atoms with Crippen LogP contribution in [-0.2, 0) is 0 Å². The van der Waals surface area contributed by atoms with Crippen molar-refractivity contribution < 1.29 is 0 Å². The van der Waals surface area contributed by atoms with Crippen molar-refractivity contribution in [2.24, 2.45) is 10.9 Å². The van der Waals surface area contributed by atoms with Crippen molar-refractivity contribution in [2.75, 3.05) is 13.1 Å². The summed E-state index contributed by atoms with van der Waals surface area (Å²) >= 11 is 5.65. The van der Waals surface area contributed by atoms with Crippen molar-refractivity contribution >= 4 is 41.5 Å². The summed E-state index contributed by atoms with van der Waals surface area (Å²) in [6, 6.07) is 0.580. The number of hydrogen-bond donors (Lipinski definition) is 2. The molecule has 1 saturated carbocycles. The smallest absolute Gasteiger partial charge is 0.191 e. The molecule has 3 nitrogen and oxygen atoms in total. The SMILES string of the molecule is C=C(Cl)CN=C(NCC)NC1CC1C.I. The Morgan fingerprint density at radius 3 is 2.60 bits per heavy atom. The number of halogens is 2. The van der Waals surface area contributed by atoms with Crippen LogP contribution in [0.4, 0.5) is 0 Å². The van der Waals surface area contributed by atoms with E-state index in [2.05, 4.69) is 29.1 Å². The van der Waals surface area contributed by atoms with E-state index in [0.29, 0.717) is 17.6 Å². The van der Waals surface area contributed by atoms with Crippen LogP contribution in [0.15, 0.2) is 16.6 Å². The average Bonchev–Trinajstić information content (AvgIpc) is 2.78. The van der Waals surface area contributed by atoms with Gasteiger partial charge in [0.15, 0.2) is 5.96 Å². The summed E-state index contributed by atoms with van der Waals surface area (Å²) < 4.78 is 0. The minimum atomic E-state index is 0. The van der Waals surface area contributed by atoms with Gasteiger partial charge in [-0.25, -0.2) is 4.99 Å².